The van der Waals surface area contributed by atoms with Gasteiger partial charge in [0.2, 0.25) is 5.95 Å². The summed E-state index contributed by atoms with van der Waals surface area (Å²) in [6.45, 7) is 0. The van der Waals surface area contributed by atoms with Crippen molar-refractivity contribution in [3.63, 3.8) is 0 Å². The molecule has 0 spiro atoms. The highest BCUT2D eigenvalue weighted by atomic mass is 15.2. The van der Waals surface area contributed by atoms with Crippen LogP contribution in [0, 0.1) is 0 Å². The van der Waals surface area contributed by atoms with Gasteiger partial charge >= 0.3 is 0 Å². The largest absolute Gasteiger partial charge is 0.309 e. The second kappa shape index (κ2) is 15.6. The zero-order chi connectivity index (χ0) is 45.4. The highest BCUT2D eigenvalue weighted by molar-refractivity contribution is 6.24. The molecule has 0 bridgehead atoms. The van der Waals surface area contributed by atoms with Crippen LogP contribution in [0.2, 0.25) is 0 Å². The summed E-state index contributed by atoms with van der Waals surface area (Å²) in [5.41, 5.74) is 15.1. The van der Waals surface area contributed by atoms with Gasteiger partial charge in [-0.3, -0.25) is 4.57 Å². The van der Waals surface area contributed by atoms with Gasteiger partial charge in [-0.15, -0.1) is 0 Å². The third-order valence-electron chi connectivity index (χ3n) is 13.7. The van der Waals surface area contributed by atoms with Crippen LogP contribution in [-0.4, -0.2) is 28.7 Å². The first-order valence-corrected chi connectivity index (χ1v) is 23.4. The molecule has 0 atom stereocenters. The minimum atomic E-state index is 0.538. The highest BCUT2D eigenvalue weighted by Gasteiger charge is 2.25. The molecule has 14 rings (SSSR count). The number of fused-ring (bicyclic) bond motifs is 10. The van der Waals surface area contributed by atoms with Crippen molar-refractivity contribution in [2.24, 2.45) is 0 Å². The number of benzene rings is 10. The zero-order valence-corrected chi connectivity index (χ0v) is 37.3. The summed E-state index contributed by atoms with van der Waals surface area (Å²) >= 11 is 0. The maximum absolute atomic E-state index is 5.48. The molecule has 0 N–H and O–H groups in total. The van der Waals surface area contributed by atoms with Gasteiger partial charge in [-0.2, -0.15) is 9.97 Å². The van der Waals surface area contributed by atoms with Crippen LogP contribution in [-0.2, 0) is 0 Å². The SMILES string of the molecule is c1ccc(-c2ccc(-c3nc(-c4ccccc4)nc(-n4c5ccc(-n6c7ccccc7c7ccccc76)cc5c5ccc6c7ccccc7n(-c7ccccc7-c7ccccc7)c6c54)n3)cc2)cc1. The van der Waals surface area contributed by atoms with E-state index in [1.807, 2.05) is 24.3 Å². The molecule has 69 heavy (non-hydrogen) atoms. The summed E-state index contributed by atoms with van der Waals surface area (Å²) in [6, 6.07) is 86.3. The molecule has 4 aromatic heterocycles. The van der Waals surface area contributed by atoms with Crippen molar-refractivity contribution in [2.45, 2.75) is 0 Å². The van der Waals surface area contributed by atoms with Crippen LogP contribution in [0.1, 0.15) is 0 Å². The third kappa shape index (κ3) is 6.16. The van der Waals surface area contributed by atoms with Crippen molar-refractivity contribution in [1.29, 1.82) is 0 Å². The van der Waals surface area contributed by atoms with Gasteiger partial charge in [-0.25, -0.2) is 4.98 Å². The molecular formula is C63H40N6. The van der Waals surface area contributed by atoms with Gasteiger partial charge in [-0.05, 0) is 59.2 Å². The molecule has 0 saturated carbocycles. The first-order valence-electron chi connectivity index (χ1n) is 23.4. The summed E-state index contributed by atoms with van der Waals surface area (Å²) in [5, 5.41) is 6.94. The van der Waals surface area contributed by atoms with E-state index in [1.54, 1.807) is 0 Å². The van der Waals surface area contributed by atoms with Crippen LogP contribution >= 0.6 is 0 Å². The first-order chi connectivity index (χ1) is 34.2. The van der Waals surface area contributed by atoms with Crippen molar-refractivity contribution in [3.8, 4) is 62.4 Å². The fourth-order valence-electron chi connectivity index (χ4n) is 10.6. The summed E-state index contributed by atoms with van der Waals surface area (Å²) in [6.07, 6.45) is 0. The van der Waals surface area contributed by atoms with Gasteiger partial charge < -0.3 is 9.13 Å². The molecule has 0 aliphatic rings. The Bertz CT molecular complexity index is 4230. The van der Waals surface area contributed by atoms with E-state index >= 15 is 0 Å². The van der Waals surface area contributed by atoms with Crippen molar-refractivity contribution in [2.75, 3.05) is 0 Å². The van der Waals surface area contributed by atoms with Gasteiger partial charge in [0.15, 0.2) is 11.6 Å². The van der Waals surface area contributed by atoms with Crippen molar-refractivity contribution in [1.82, 2.24) is 28.7 Å². The van der Waals surface area contributed by atoms with Gasteiger partial charge in [-0.1, -0.05) is 200 Å². The smallest absolute Gasteiger partial charge is 0.238 e. The lowest BCUT2D eigenvalue weighted by Gasteiger charge is -2.16. The Morgan fingerprint density at radius 3 is 1.33 bits per heavy atom. The van der Waals surface area contributed by atoms with E-state index in [2.05, 4.69) is 232 Å². The molecule has 0 aliphatic carbocycles. The Kier molecular flexibility index (Phi) is 8.79. The number of rotatable bonds is 7. The normalized spacial score (nSPS) is 11.8. The Morgan fingerprint density at radius 2 is 0.696 bits per heavy atom. The van der Waals surface area contributed by atoms with Crippen LogP contribution in [0.4, 0.5) is 0 Å². The van der Waals surface area contributed by atoms with E-state index in [0.29, 0.717) is 17.6 Å². The topological polar surface area (TPSA) is 53.5 Å². The standard InChI is InChI=1S/C63H40N6/c1-4-18-41(19-5-1)42-32-34-45(35-33-42)62-64-61(44-22-8-3-9-23-44)65-63(66-62)69-58-39-36-46(67-55-29-15-11-25-48(55)49-26-12-16-30-56(49)67)40-53(58)52-38-37-51-50-27-13-17-31-57(50)68(59(51)60(52)69)54-28-14-10-24-47(54)43-20-6-2-7-21-43/h1-40H. The second-order valence-electron chi connectivity index (χ2n) is 17.6. The van der Waals surface area contributed by atoms with E-state index in [9.17, 15) is 0 Å². The molecule has 0 aliphatic heterocycles. The molecule has 4 heterocycles. The average molecular weight is 881 g/mol. The molecule has 0 fully saturated rings. The Balaban J connectivity index is 1.11. The molecular weight excluding hydrogens is 841 g/mol. The molecule has 10 aromatic carbocycles. The van der Waals surface area contributed by atoms with Gasteiger partial charge in [0, 0.05) is 54.7 Å². The maximum Gasteiger partial charge on any atom is 0.238 e. The van der Waals surface area contributed by atoms with Gasteiger partial charge in [0.05, 0.1) is 38.8 Å². The van der Waals surface area contributed by atoms with E-state index < -0.39 is 0 Å². The predicted octanol–water partition coefficient (Wildman–Crippen LogP) is 15.8. The summed E-state index contributed by atoms with van der Waals surface area (Å²) < 4.78 is 7.15. The van der Waals surface area contributed by atoms with Gasteiger partial charge in [0.25, 0.3) is 0 Å². The lowest BCUT2D eigenvalue weighted by atomic mass is 10.0. The number of nitrogens with zero attached hydrogens (tertiary/aromatic N) is 6. The summed E-state index contributed by atoms with van der Waals surface area (Å²) in [7, 11) is 0. The second-order valence-corrected chi connectivity index (χ2v) is 17.6. The van der Waals surface area contributed by atoms with Crippen molar-refractivity contribution >= 4 is 65.4 Å². The fraction of sp³-hybridized carbons (Fsp3) is 0. The van der Waals surface area contributed by atoms with Gasteiger partial charge in [0.1, 0.15) is 0 Å². The predicted molar refractivity (Wildman–Crippen MR) is 285 cm³/mol. The first kappa shape index (κ1) is 38.8. The van der Waals surface area contributed by atoms with Crippen molar-refractivity contribution in [3.05, 3.63) is 243 Å². The van der Waals surface area contributed by atoms with Crippen LogP contribution in [0.3, 0.4) is 0 Å². The van der Waals surface area contributed by atoms with E-state index in [0.717, 1.165) is 94.0 Å². The summed E-state index contributed by atoms with van der Waals surface area (Å²) in [4.78, 5) is 16.1. The fourth-order valence-corrected chi connectivity index (χ4v) is 10.6. The number of hydrogen-bond donors (Lipinski definition) is 0. The Hall–Kier alpha value is -9.39. The average Bonchev–Trinajstić information content (AvgIpc) is 4.07. The van der Waals surface area contributed by atoms with E-state index in [1.165, 1.54) is 16.2 Å². The maximum atomic E-state index is 5.48. The monoisotopic (exact) mass is 880 g/mol. The van der Waals surface area contributed by atoms with E-state index in [-0.39, 0.29) is 0 Å². The number of para-hydroxylation sites is 4. The molecule has 14 aromatic rings. The third-order valence-corrected chi connectivity index (χ3v) is 13.7. The van der Waals surface area contributed by atoms with Crippen LogP contribution < -0.4 is 0 Å². The molecule has 322 valence electrons. The van der Waals surface area contributed by atoms with E-state index in [4.69, 9.17) is 15.0 Å². The summed E-state index contributed by atoms with van der Waals surface area (Å²) in [5.74, 6) is 1.73. The molecule has 6 heteroatoms. The van der Waals surface area contributed by atoms with Crippen LogP contribution in [0.25, 0.3) is 128 Å². The Morgan fingerprint density at radius 1 is 0.261 bits per heavy atom. The zero-order valence-electron chi connectivity index (χ0n) is 37.3. The quantitative estimate of drug-likeness (QED) is 0.160. The minimum absolute atomic E-state index is 0.538. The lowest BCUT2D eigenvalue weighted by molar-refractivity contribution is 0.953. The lowest BCUT2D eigenvalue weighted by Crippen LogP contribution is -2.07. The van der Waals surface area contributed by atoms with Crippen LogP contribution in [0.15, 0.2) is 243 Å². The van der Waals surface area contributed by atoms with Crippen molar-refractivity contribution < 1.29 is 0 Å². The molecule has 6 nitrogen and oxygen atoms in total. The number of aromatic nitrogens is 6. The molecule has 0 saturated heterocycles. The Labute approximate surface area is 397 Å². The molecule has 0 amide bonds. The highest BCUT2D eigenvalue weighted by Crippen LogP contribution is 2.44. The minimum Gasteiger partial charge on any atom is -0.309 e. The molecule has 0 radical (unpaired) electrons. The molecule has 0 unspecified atom stereocenters. The number of hydrogen-bond acceptors (Lipinski definition) is 3. The van der Waals surface area contributed by atoms with Crippen LogP contribution in [0.5, 0.6) is 0 Å².